The molecule has 106 valence electrons. The molecule has 0 radical (unpaired) electrons. The van der Waals surface area contributed by atoms with Crippen LogP contribution in [0.2, 0.25) is 0 Å². The summed E-state index contributed by atoms with van der Waals surface area (Å²) in [5.41, 5.74) is 1.97. The van der Waals surface area contributed by atoms with Crippen LogP contribution in [-0.4, -0.2) is 26.9 Å². The van der Waals surface area contributed by atoms with Gasteiger partial charge in [0.05, 0.1) is 13.4 Å². The third kappa shape index (κ3) is 3.64. The van der Waals surface area contributed by atoms with Crippen LogP contribution in [0.15, 0.2) is 42.5 Å². The Hall–Kier alpha value is -2.21. The number of methoxy groups -OCH3 is 1. The molecular formula is C14H15NO4S. The van der Waals surface area contributed by atoms with E-state index in [0.717, 1.165) is 17.4 Å². The van der Waals surface area contributed by atoms with Crippen LogP contribution in [0.4, 0.5) is 5.69 Å². The lowest BCUT2D eigenvalue weighted by molar-refractivity contribution is 0.408. The van der Waals surface area contributed by atoms with Gasteiger partial charge in [0.15, 0.2) is 0 Å². The Morgan fingerprint density at radius 1 is 1.10 bits per heavy atom. The average molecular weight is 293 g/mol. The number of nitrogens with one attached hydrogen (secondary N) is 1. The van der Waals surface area contributed by atoms with E-state index in [4.69, 9.17) is 4.74 Å². The normalized spacial score (nSPS) is 11.1. The van der Waals surface area contributed by atoms with Gasteiger partial charge in [-0.1, -0.05) is 12.1 Å². The van der Waals surface area contributed by atoms with Crippen LogP contribution >= 0.6 is 0 Å². The third-order valence-electron chi connectivity index (χ3n) is 2.63. The lowest BCUT2D eigenvalue weighted by Gasteiger charge is -2.09. The minimum Gasteiger partial charge on any atom is -0.508 e. The van der Waals surface area contributed by atoms with Crippen molar-refractivity contribution in [2.75, 3.05) is 18.1 Å². The highest BCUT2D eigenvalue weighted by atomic mass is 32.2. The van der Waals surface area contributed by atoms with E-state index < -0.39 is 10.0 Å². The number of benzene rings is 2. The van der Waals surface area contributed by atoms with E-state index in [1.165, 1.54) is 13.2 Å². The van der Waals surface area contributed by atoms with Gasteiger partial charge in [-0.3, -0.25) is 4.72 Å². The van der Waals surface area contributed by atoms with E-state index in [2.05, 4.69) is 4.72 Å². The van der Waals surface area contributed by atoms with Crippen molar-refractivity contribution >= 4 is 15.7 Å². The molecule has 0 fully saturated rings. The molecule has 0 heterocycles. The molecule has 0 unspecified atom stereocenters. The maximum absolute atomic E-state index is 11.2. The molecule has 0 aliphatic carbocycles. The molecule has 2 rings (SSSR count). The Balaban J connectivity index is 2.43. The quantitative estimate of drug-likeness (QED) is 0.908. The second-order valence-corrected chi connectivity index (χ2v) is 6.12. The van der Waals surface area contributed by atoms with Gasteiger partial charge in [0.25, 0.3) is 0 Å². The van der Waals surface area contributed by atoms with E-state index >= 15 is 0 Å². The van der Waals surface area contributed by atoms with Gasteiger partial charge in [0.1, 0.15) is 11.5 Å². The van der Waals surface area contributed by atoms with E-state index in [0.29, 0.717) is 11.4 Å². The van der Waals surface area contributed by atoms with Crippen LogP contribution in [-0.2, 0) is 10.0 Å². The summed E-state index contributed by atoms with van der Waals surface area (Å²) >= 11 is 0. The van der Waals surface area contributed by atoms with E-state index in [-0.39, 0.29) is 5.75 Å². The summed E-state index contributed by atoms with van der Waals surface area (Å²) in [6.07, 6.45) is 1.09. The molecule has 0 bridgehead atoms. The molecule has 0 aliphatic heterocycles. The number of ether oxygens (including phenoxy) is 1. The average Bonchev–Trinajstić information content (AvgIpc) is 2.36. The number of aromatic hydroxyl groups is 1. The Kier molecular flexibility index (Phi) is 3.85. The zero-order chi connectivity index (χ0) is 14.8. The van der Waals surface area contributed by atoms with Crippen LogP contribution < -0.4 is 9.46 Å². The van der Waals surface area contributed by atoms with Crippen molar-refractivity contribution in [3.63, 3.8) is 0 Å². The lowest BCUT2D eigenvalue weighted by atomic mass is 10.0. The predicted octanol–water partition coefficient (Wildman–Crippen LogP) is 2.44. The molecule has 2 N–H and O–H groups in total. The topological polar surface area (TPSA) is 75.6 Å². The molecule has 0 atom stereocenters. The summed E-state index contributed by atoms with van der Waals surface area (Å²) in [7, 11) is -1.81. The Morgan fingerprint density at radius 3 is 2.50 bits per heavy atom. The zero-order valence-corrected chi connectivity index (χ0v) is 11.9. The number of phenols is 1. The minimum atomic E-state index is -3.32. The second kappa shape index (κ2) is 5.42. The highest BCUT2D eigenvalue weighted by Crippen LogP contribution is 2.30. The largest absolute Gasteiger partial charge is 0.508 e. The van der Waals surface area contributed by atoms with Crippen molar-refractivity contribution in [1.82, 2.24) is 0 Å². The first-order valence-electron chi connectivity index (χ1n) is 5.84. The molecule has 0 saturated heterocycles. The van der Waals surface area contributed by atoms with E-state index in [1.54, 1.807) is 30.3 Å². The molecule has 0 amide bonds. The standard InChI is InChI=1S/C14H15NO4S/c1-19-14-8-11(7-13(16)9-14)10-4-3-5-12(6-10)15-20(2,17)18/h3-9,15-16H,1-2H3. The van der Waals surface area contributed by atoms with Crippen molar-refractivity contribution < 1.29 is 18.3 Å². The fraction of sp³-hybridized carbons (Fsp3) is 0.143. The highest BCUT2D eigenvalue weighted by molar-refractivity contribution is 7.92. The Labute approximate surface area is 117 Å². The lowest BCUT2D eigenvalue weighted by Crippen LogP contribution is -2.09. The van der Waals surface area contributed by atoms with Gasteiger partial charge in [-0.15, -0.1) is 0 Å². The molecule has 0 spiro atoms. The summed E-state index contributed by atoms with van der Waals surface area (Å²) in [5, 5.41) is 9.65. The monoisotopic (exact) mass is 293 g/mol. The van der Waals surface area contributed by atoms with E-state index in [1.807, 2.05) is 6.07 Å². The van der Waals surface area contributed by atoms with Crippen molar-refractivity contribution in [3.05, 3.63) is 42.5 Å². The minimum absolute atomic E-state index is 0.0841. The van der Waals surface area contributed by atoms with Crippen LogP contribution in [0.3, 0.4) is 0 Å². The first-order valence-corrected chi connectivity index (χ1v) is 7.73. The van der Waals surface area contributed by atoms with Gasteiger partial charge in [-0.2, -0.15) is 0 Å². The molecule has 2 aromatic carbocycles. The molecule has 0 aromatic heterocycles. The van der Waals surface area contributed by atoms with Crippen LogP contribution in [0.5, 0.6) is 11.5 Å². The van der Waals surface area contributed by atoms with Crippen molar-refractivity contribution in [2.24, 2.45) is 0 Å². The number of hydrogen-bond acceptors (Lipinski definition) is 4. The number of rotatable bonds is 4. The zero-order valence-electron chi connectivity index (χ0n) is 11.1. The van der Waals surface area contributed by atoms with Gasteiger partial charge in [-0.05, 0) is 35.4 Å². The van der Waals surface area contributed by atoms with Crippen molar-refractivity contribution in [3.8, 4) is 22.6 Å². The molecule has 20 heavy (non-hydrogen) atoms. The summed E-state index contributed by atoms with van der Waals surface area (Å²) in [4.78, 5) is 0. The third-order valence-corrected chi connectivity index (χ3v) is 3.23. The number of sulfonamides is 1. The Bertz CT molecular complexity index is 726. The summed E-state index contributed by atoms with van der Waals surface area (Å²) in [5.74, 6) is 0.613. The smallest absolute Gasteiger partial charge is 0.229 e. The van der Waals surface area contributed by atoms with Crippen LogP contribution in [0.25, 0.3) is 11.1 Å². The summed E-state index contributed by atoms with van der Waals surface area (Å²) in [6, 6.07) is 11.8. The molecule has 2 aromatic rings. The van der Waals surface area contributed by atoms with Gasteiger partial charge in [0.2, 0.25) is 10.0 Å². The molecule has 6 heteroatoms. The first kappa shape index (κ1) is 14.2. The Morgan fingerprint density at radius 2 is 1.85 bits per heavy atom. The summed E-state index contributed by atoms with van der Waals surface area (Å²) < 4.78 is 30.0. The van der Waals surface area contributed by atoms with Gasteiger partial charge < -0.3 is 9.84 Å². The molecule has 0 saturated carbocycles. The highest BCUT2D eigenvalue weighted by Gasteiger charge is 2.06. The SMILES string of the molecule is COc1cc(O)cc(-c2cccc(NS(C)(=O)=O)c2)c1. The van der Waals surface area contributed by atoms with Crippen molar-refractivity contribution in [2.45, 2.75) is 0 Å². The maximum Gasteiger partial charge on any atom is 0.229 e. The van der Waals surface area contributed by atoms with Crippen LogP contribution in [0, 0.1) is 0 Å². The van der Waals surface area contributed by atoms with Crippen molar-refractivity contribution in [1.29, 1.82) is 0 Å². The number of anilines is 1. The van der Waals surface area contributed by atoms with Gasteiger partial charge in [-0.25, -0.2) is 8.42 Å². The maximum atomic E-state index is 11.2. The van der Waals surface area contributed by atoms with Crippen LogP contribution in [0.1, 0.15) is 0 Å². The second-order valence-electron chi connectivity index (χ2n) is 4.37. The molecule has 5 nitrogen and oxygen atoms in total. The van der Waals surface area contributed by atoms with Gasteiger partial charge in [0, 0.05) is 11.8 Å². The summed E-state index contributed by atoms with van der Waals surface area (Å²) in [6.45, 7) is 0. The fourth-order valence-corrected chi connectivity index (χ4v) is 2.40. The molecule has 0 aliphatic rings. The van der Waals surface area contributed by atoms with E-state index in [9.17, 15) is 13.5 Å². The first-order chi connectivity index (χ1) is 9.37. The fourth-order valence-electron chi connectivity index (χ4n) is 1.84. The van der Waals surface area contributed by atoms with Gasteiger partial charge >= 0.3 is 0 Å². The molecular weight excluding hydrogens is 278 g/mol. The number of hydrogen-bond donors (Lipinski definition) is 2. The number of phenolic OH excluding ortho intramolecular Hbond substituents is 1. The predicted molar refractivity (Wildman–Crippen MR) is 78.6 cm³/mol.